The molecule has 0 aromatic carbocycles. The topological polar surface area (TPSA) is 91.8 Å². The Labute approximate surface area is 88.8 Å². The van der Waals surface area contributed by atoms with Crippen LogP contribution in [-0.2, 0) is 19.4 Å². The highest BCUT2D eigenvalue weighted by Crippen LogP contribution is 1.99. The monoisotopic (exact) mass is 237 g/mol. The summed E-state index contributed by atoms with van der Waals surface area (Å²) in [7, 11) is -2.37. The highest BCUT2D eigenvalue weighted by atomic mass is 32.2. The molecule has 0 unspecified atom stereocenters. The number of hydrogen-bond donors (Lipinski definition) is 1. The maximum atomic E-state index is 11.3. The molecule has 0 rings (SSSR count). The molecule has 1 N–H and O–H groups in total. The molecule has 88 valence electrons. The van der Waals surface area contributed by atoms with Crippen molar-refractivity contribution >= 4 is 21.7 Å². The minimum Gasteiger partial charge on any atom is -0.480 e. The molecular weight excluding hydrogens is 222 g/mol. The molecule has 7 heteroatoms. The zero-order valence-corrected chi connectivity index (χ0v) is 9.74. The normalized spacial score (nSPS) is 11.5. The number of nitrogens with zero attached hydrogens (tertiary/aromatic N) is 1. The van der Waals surface area contributed by atoms with Crippen LogP contribution < -0.4 is 0 Å². The smallest absolute Gasteiger partial charge is 0.318 e. The molecule has 0 radical (unpaired) electrons. The Morgan fingerprint density at radius 2 is 1.73 bits per heavy atom. The van der Waals surface area contributed by atoms with Crippen LogP contribution in [0.3, 0.4) is 0 Å². The molecule has 0 saturated carbocycles. The maximum absolute atomic E-state index is 11.3. The zero-order chi connectivity index (χ0) is 12.2. The summed E-state index contributed by atoms with van der Waals surface area (Å²) in [5.74, 6) is -3.81. The number of carbonyl (C=O) groups excluding carboxylic acids is 1. The third kappa shape index (κ3) is 5.36. The maximum Gasteiger partial charge on any atom is 0.318 e. The zero-order valence-electron chi connectivity index (χ0n) is 8.93. The van der Waals surface area contributed by atoms with Crippen LogP contribution in [0.1, 0.15) is 13.8 Å². The number of aliphatic carboxylic acids is 1. The molecule has 0 aliphatic carbocycles. The minimum atomic E-state index is -3.85. The number of carboxylic acid groups (broad SMARTS) is 1. The van der Waals surface area contributed by atoms with E-state index in [4.69, 9.17) is 5.11 Å². The molecular formula is C8H15NO5S. The van der Waals surface area contributed by atoms with Gasteiger partial charge in [0.15, 0.2) is 9.84 Å². The minimum absolute atomic E-state index is 0.113. The van der Waals surface area contributed by atoms with Gasteiger partial charge in [-0.3, -0.25) is 9.59 Å². The van der Waals surface area contributed by atoms with Gasteiger partial charge < -0.3 is 10.0 Å². The molecule has 0 aliphatic rings. The van der Waals surface area contributed by atoms with Gasteiger partial charge >= 0.3 is 5.97 Å². The van der Waals surface area contributed by atoms with Gasteiger partial charge in [-0.1, -0.05) is 0 Å². The Morgan fingerprint density at radius 1 is 1.27 bits per heavy atom. The lowest BCUT2D eigenvalue weighted by Crippen LogP contribution is -2.38. The molecule has 0 atom stereocenters. The lowest BCUT2D eigenvalue weighted by atomic mass is 10.3. The van der Waals surface area contributed by atoms with Gasteiger partial charge in [0.25, 0.3) is 0 Å². The second-order valence-corrected chi connectivity index (χ2v) is 5.59. The van der Waals surface area contributed by atoms with Crippen LogP contribution in [0.2, 0.25) is 0 Å². The predicted molar refractivity (Wildman–Crippen MR) is 54.2 cm³/mol. The first kappa shape index (κ1) is 13.9. The van der Waals surface area contributed by atoms with Gasteiger partial charge in [-0.25, -0.2) is 8.42 Å². The second-order valence-electron chi connectivity index (χ2n) is 3.52. The molecule has 0 spiro atoms. The number of carbonyl (C=O) groups is 2. The quantitative estimate of drug-likeness (QED) is 0.686. The molecule has 1 amide bonds. The van der Waals surface area contributed by atoms with E-state index in [1.807, 2.05) is 0 Å². The Morgan fingerprint density at radius 3 is 2.07 bits per heavy atom. The summed E-state index contributed by atoms with van der Waals surface area (Å²) in [6, 6.07) is -0.113. The van der Waals surface area contributed by atoms with Crippen LogP contribution >= 0.6 is 0 Å². The molecule has 0 saturated heterocycles. The SMILES string of the molecule is CC(C)N(C)C(=O)CS(=O)(=O)CC(=O)O. The number of carboxylic acids is 1. The van der Waals surface area contributed by atoms with E-state index in [2.05, 4.69) is 0 Å². The molecule has 0 bridgehead atoms. The van der Waals surface area contributed by atoms with Crippen LogP contribution in [0.25, 0.3) is 0 Å². The largest absolute Gasteiger partial charge is 0.480 e. The van der Waals surface area contributed by atoms with Crippen molar-refractivity contribution in [3.8, 4) is 0 Å². The third-order valence-electron chi connectivity index (χ3n) is 1.85. The van der Waals surface area contributed by atoms with Crippen LogP contribution in [0, 0.1) is 0 Å². The molecule has 0 aromatic rings. The molecule has 0 aromatic heterocycles. The van der Waals surface area contributed by atoms with Crippen LogP contribution in [0.4, 0.5) is 0 Å². The first-order chi connectivity index (χ1) is 6.65. The van der Waals surface area contributed by atoms with Gasteiger partial charge in [0.1, 0.15) is 11.5 Å². The van der Waals surface area contributed by atoms with Crippen molar-refractivity contribution in [2.75, 3.05) is 18.6 Å². The molecule has 15 heavy (non-hydrogen) atoms. The molecule has 6 nitrogen and oxygen atoms in total. The predicted octanol–water partition coefficient (Wildman–Crippen LogP) is -0.647. The van der Waals surface area contributed by atoms with E-state index >= 15 is 0 Å². The van der Waals surface area contributed by atoms with E-state index < -0.39 is 33.2 Å². The van der Waals surface area contributed by atoms with Gasteiger partial charge in [0.05, 0.1) is 0 Å². The van der Waals surface area contributed by atoms with Gasteiger partial charge in [-0.2, -0.15) is 0 Å². The summed E-state index contributed by atoms with van der Waals surface area (Å²) in [5.41, 5.74) is 0. The van der Waals surface area contributed by atoms with E-state index in [1.54, 1.807) is 13.8 Å². The van der Waals surface area contributed by atoms with Crippen molar-refractivity contribution in [1.82, 2.24) is 4.90 Å². The third-order valence-corrected chi connectivity index (χ3v) is 3.23. The first-order valence-electron chi connectivity index (χ1n) is 4.33. The first-order valence-corrected chi connectivity index (χ1v) is 6.15. The highest BCUT2D eigenvalue weighted by molar-refractivity contribution is 7.92. The summed E-state index contributed by atoms with van der Waals surface area (Å²) in [5, 5.41) is 8.31. The average Bonchev–Trinajstić information content (AvgIpc) is 1.98. The summed E-state index contributed by atoms with van der Waals surface area (Å²) in [6.45, 7) is 3.48. The fraction of sp³-hybridized carbons (Fsp3) is 0.750. The molecule has 0 heterocycles. The number of amides is 1. The number of sulfone groups is 1. The number of rotatable bonds is 5. The van der Waals surface area contributed by atoms with Gasteiger partial charge in [0.2, 0.25) is 5.91 Å². The summed E-state index contributed by atoms with van der Waals surface area (Å²) in [6.07, 6.45) is 0. The summed E-state index contributed by atoms with van der Waals surface area (Å²) >= 11 is 0. The standard InChI is InChI=1S/C8H15NO5S/c1-6(2)9(3)7(10)4-15(13,14)5-8(11)12/h6H,4-5H2,1-3H3,(H,11,12). The lowest BCUT2D eigenvalue weighted by molar-refractivity contribution is -0.134. The van der Waals surface area contributed by atoms with Crippen molar-refractivity contribution in [3.63, 3.8) is 0 Å². The average molecular weight is 237 g/mol. The Hall–Kier alpha value is -1.11. The van der Waals surface area contributed by atoms with Crippen LogP contribution in [0.15, 0.2) is 0 Å². The van der Waals surface area contributed by atoms with E-state index in [0.717, 1.165) is 0 Å². The fourth-order valence-electron chi connectivity index (χ4n) is 0.817. The summed E-state index contributed by atoms with van der Waals surface area (Å²) in [4.78, 5) is 22.8. The fourth-order valence-corrected chi connectivity index (χ4v) is 1.88. The van der Waals surface area contributed by atoms with E-state index in [1.165, 1.54) is 11.9 Å². The summed E-state index contributed by atoms with van der Waals surface area (Å²) < 4.78 is 22.3. The lowest BCUT2D eigenvalue weighted by Gasteiger charge is -2.20. The molecule has 0 fully saturated rings. The van der Waals surface area contributed by atoms with Crippen molar-refractivity contribution in [2.24, 2.45) is 0 Å². The van der Waals surface area contributed by atoms with E-state index in [-0.39, 0.29) is 6.04 Å². The van der Waals surface area contributed by atoms with Gasteiger partial charge in [0, 0.05) is 13.1 Å². The van der Waals surface area contributed by atoms with Crippen LogP contribution in [-0.4, -0.2) is 54.9 Å². The Balaban J connectivity index is 4.48. The van der Waals surface area contributed by atoms with E-state index in [9.17, 15) is 18.0 Å². The Kier molecular flexibility index (Phi) is 4.73. The second kappa shape index (κ2) is 5.11. The van der Waals surface area contributed by atoms with Crippen LogP contribution in [0.5, 0.6) is 0 Å². The van der Waals surface area contributed by atoms with Crippen molar-refractivity contribution in [1.29, 1.82) is 0 Å². The van der Waals surface area contributed by atoms with Gasteiger partial charge in [-0.15, -0.1) is 0 Å². The van der Waals surface area contributed by atoms with Gasteiger partial charge in [-0.05, 0) is 13.8 Å². The van der Waals surface area contributed by atoms with E-state index in [0.29, 0.717) is 0 Å². The highest BCUT2D eigenvalue weighted by Gasteiger charge is 2.23. The molecule has 0 aliphatic heterocycles. The van der Waals surface area contributed by atoms with Crippen molar-refractivity contribution in [2.45, 2.75) is 19.9 Å². The van der Waals surface area contributed by atoms with Crippen molar-refractivity contribution < 1.29 is 23.1 Å². The number of hydrogen-bond acceptors (Lipinski definition) is 4. The Bertz CT molecular complexity index is 346. The van der Waals surface area contributed by atoms with Crippen molar-refractivity contribution in [3.05, 3.63) is 0 Å².